The lowest BCUT2D eigenvalue weighted by molar-refractivity contribution is -0.120. The fourth-order valence-corrected chi connectivity index (χ4v) is 2.97. The average Bonchev–Trinajstić information content (AvgIpc) is 2.68. The molecule has 146 valence electrons. The lowest BCUT2D eigenvalue weighted by Gasteiger charge is -2.24. The number of likely N-dealkylation sites (N-methyl/N-ethyl adjacent to an activating group) is 1. The molecule has 3 aromatic carbocycles. The maximum atomic E-state index is 12.7. The summed E-state index contributed by atoms with van der Waals surface area (Å²) in [6.45, 7) is -0.514. The van der Waals surface area contributed by atoms with E-state index in [1.807, 2.05) is 61.3 Å². The summed E-state index contributed by atoms with van der Waals surface area (Å²) in [5.41, 5.74) is 1.67. The van der Waals surface area contributed by atoms with Gasteiger partial charge < -0.3 is 10.1 Å². The van der Waals surface area contributed by atoms with Gasteiger partial charge in [-0.05, 0) is 43.1 Å². The van der Waals surface area contributed by atoms with Crippen molar-refractivity contribution in [2.45, 2.75) is 26.1 Å². The quantitative estimate of drug-likeness (QED) is 0.630. The molecule has 1 atom stereocenters. The van der Waals surface area contributed by atoms with Crippen molar-refractivity contribution in [3.63, 3.8) is 0 Å². The summed E-state index contributed by atoms with van der Waals surface area (Å²) in [5, 5.41) is 5.05. The van der Waals surface area contributed by atoms with Crippen molar-refractivity contribution in [1.82, 2.24) is 4.90 Å². The number of halogens is 2. The fraction of sp³-hybridized carbons (Fsp3) is 0.227. The van der Waals surface area contributed by atoms with Crippen molar-refractivity contribution in [3.8, 4) is 5.75 Å². The van der Waals surface area contributed by atoms with Crippen molar-refractivity contribution in [3.05, 3.63) is 72.3 Å². The SMILES string of the molecule is C[C@H](C(=O)Nc1cccc2ccccc12)N(C)Cc1ccc(OC(F)F)cc1. The van der Waals surface area contributed by atoms with Gasteiger partial charge in [0, 0.05) is 17.6 Å². The number of anilines is 1. The summed E-state index contributed by atoms with van der Waals surface area (Å²) in [5.74, 6) is -0.000317. The number of hydrogen-bond acceptors (Lipinski definition) is 3. The van der Waals surface area contributed by atoms with Gasteiger partial charge in [0.1, 0.15) is 5.75 Å². The first-order valence-electron chi connectivity index (χ1n) is 8.96. The zero-order valence-electron chi connectivity index (χ0n) is 15.7. The molecule has 0 unspecified atom stereocenters. The van der Waals surface area contributed by atoms with Crippen LogP contribution >= 0.6 is 0 Å². The monoisotopic (exact) mass is 384 g/mol. The molecule has 0 heterocycles. The molecule has 28 heavy (non-hydrogen) atoms. The highest BCUT2D eigenvalue weighted by molar-refractivity contribution is 6.03. The van der Waals surface area contributed by atoms with Crippen LogP contribution in [0.25, 0.3) is 10.8 Å². The lowest BCUT2D eigenvalue weighted by atomic mass is 10.1. The van der Waals surface area contributed by atoms with Gasteiger partial charge in [0.25, 0.3) is 0 Å². The first-order chi connectivity index (χ1) is 13.4. The van der Waals surface area contributed by atoms with E-state index in [2.05, 4.69) is 10.1 Å². The van der Waals surface area contributed by atoms with Gasteiger partial charge in [0.15, 0.2) is 0 Å². The third-order valence-electron chi connectivity index (χ3n) is 4.67. The molecule has 0 aliphatic heterocycles. The maximum Gasteiger partial charge on any atom is 0.387 e. The van der Waals surface area contributed by atoms with Gasteiger partial charge in [-0.15, -0.1) is 0 Å². The van der Waals surface area contributed by atoms with Crippen molar-refractivity contribution < 1.29 is 18.3 Å². The lowest BCUT2D eigenvalue weighted by Crippen LogP contribution is -2.39. The Bertz CT molecular complexity index is 939. The number of benzene rings is 3. The predicted molar refractivity (Wildman–Crippen MR) is 107 cm³/mol. The number of carbonyl (C=O) groups excluding carboxylic acids is 1. The molecule has 0 radical (unpaired) electrons. The van der Waals surface area contributed by atoms with Gasteiger partial charge in [-0.2, -0.15) is 8.78 Å². The summed E-state index contributed by atoms with van der Waals surface area (Å²) in [4.78, 5) is 14.6. The van der Waals surface area contributed by atoms with E-state index in [1.165, 1.54) is 12.1 Å². The van der Waals surface area contributed by atoms with Gasteiger partial charge >= 0.3 is 6.61 Å². The molecule has 3 aromatic rings. The summed E-state index contributed by atoms with van der Waals surface area (Å²) in [6, 6.07) is 19.7. The zero-order valence-corrected chi connectivity index (χ0v) is 15.7. The number of nitrogens with zero attached hydrogens (tertiary/aromatic N) is 1. The number of ether oxygens (including phenoxy) is 1. The van der Waals surface area contributed by atoms with E-state index in [1.54, 1.807) is 12.1 Å². The minimum atomic E-state index is -2.84. The zero-order chi connectivity index (χ0) is 20.1. The largest absolute Gasteiger partial charge is 0.435 e. The molecule has 0 spiro atoms. The van der Waals surface area contributed by atoms with Crippen LogP contribution in [0.1, 0.15) is 12.5 Å². The minimum Gasteiger partial charge on any atom is -0.435 e. The van der Waals surface area contributed by atoms with E-state index in [9.17, 15) is 13.6 Å². The van der Waals surface area contributed by atoms with Crippen LogP contribution in [0.3, 0.4) is 0 Å². The second-order valence-electron chi connectivity index (χ2n) is 6.63. The minimum absolute atomic E-state index is 0.114. The molecule has 0 saturated carbocycles. The average molecular weight is 384 g/mol. The normalized spacial score (nSPS) is 12.4. The Balaban J connectivity index is 1.64. The second kappa shape index (κ2) is 8.80. The van der Waals surface area contributed by atoms with Gasteiger partial charge in [-0.25, -0.2) is 0 Å². The number of alkyl halides is 2. The number of carbonyl (C=O) groups is 1. The summed E-state index contributed by atoms with van der Waals surface area (Å²) in [7, 11) is 1.84. The van der Waals surface area contributed by atoms with E-state index in [0.29, 0.717) is 6.54 Å². The Morgan fingerprint density at radius 2 is 1.71 bits per heavy atom. The van der Waals surface area contributed by atoms with Crippen molar-refractivity contribution in [2.75, 3.05) is 12.4 Å². The summed E-state index contributed by atoms with van der Waals surface area (Å²) in [6.07, 6.45) is 0. The van der Waals surface area contributed by atoms with Gasteiger partial charge in [0.05, 0.1) is 6.04 Å². The Hall–Kier alpha value is -2.99. The molecule has 1 N–H and O–H groups in total. The standard InChI is InChI=1S/C22H22F2N2O2/c1-15(26(2)14-16-10-12-18(13-11-16)28-22(23)24)21(27)25-20-9-5-7-17-6-3-4-8-19(17)20/h3-13,15,22H,14H2,1-2H3,(H,25,27)/t15-/m1/s1. The third-order valence-corrected chi connectivity index (χ3v) is 4.67. The molecule has 0 aromatic heterocycles. The van der Waals surface area contributed by atoms with Crippen molar-refractivity contribution in [1.29, 1.82) is 0 Å². The first-order valence-corrected chi connectivity index (χ1v) is 8.96. The topological polar surface area (TPSA) is 41.6 Å². The Morgan fingerprint density at radius 1 is 1.04 bits per heavy atom. The van der Waals surface area contributed by atoms with Crippen LogP contribution in [-0.4, -0.2) is 30.5 Å². The van der Waals surface area contributed by atoms with Gasteiger partial charge in [-0.3, -0.25) is 9.69 Å². The van der Waals surface area contributed by atoms with E-state index in [0.717, 1.165) is 22.0 Å². The van der Waals surface area contributed by atoms with Crippen LogP contribution in [0.15, 0.2) is 66.7 Å². The van der Waals surface area contributed by atoms with Crippen LogP contribution in [0, 0.1) is 0 Å². The van der Waals surface area contributed by atoms with Crippen molar-refractivity contribution in [2.24, 2.45) is 0 Å². The highest BCUT2D eigenvalue weighted by Gasteiger charge is 2.19. The Morgan fingerprint density at radius 3 is 2.43 bits per heavy atom. The van der Waals surface area contributed by atoms with E-state index < -0.39 is 6.61 Å². The number of rotatable bonds is 7. The molecule has 0 bridgehead atoms. The second-order valence-corrected chi connectivity index (χ2v) is 6.63. The van der Waals surface area contributed by atoms with Crippen LogP contribution < -0.4 is 10.1 Å². The molecule has 0 fully saturated rings. The van der Waals surface area contributed by atoms with Crippen LogP contribution in [0.5, 0.6) is 5.75 Å². The number of amides is 1. The molecule has 3 rings (SSSR count). The Kier molecular flexibility index (Phi) is 6.21. The fourth-order valence-electron chi connectivity index (χ4n) is 2.97. The smallest absolute Gasteiger partial charge is 0.387 e. The third kappa shape index (κ3) is 4.84. The van der Waals surface area contributed by atoms with Gasteiger partial charge in [0.2, 0.25) is 5.91 Å². The van der Waals surface area contributed by atoms with Crippen LogP contribution in [0.4, 0.5) is 14.5 Å². The van der Waals surface area contributed by atoms with Crippen molar-refractivity contribution >= 4 is 22.4 Å². The molecule has 4 nitrogen and oxygen atoms in total. The van der Waals surface area contributed by atoms with E-state index in [-0.39, 0.29) is 17.7 Å². The van der Waals surface area contributed by atoms with Gasteiger partial charge in [-0.1, -0.05) is 48.5 Å². The van der Waals surface area contributed by atoms with E-state index in [4.69, 9.17) is 0 Å². The van der Waals surface area contributed by atoms with Crippen LogP contribution in [0.2, 0.25) is 0 Å². The van der Waals surface area contributed by atoms with E-state index >= 15 is 0 Å². The molecular weight excluding hydrogens is 362 g/mol. The summed E-state index contributed by atoms with van der Waals surface area (Å²) < 4.78 is 28.8. The number of fused-ring (bicyclic) bond motifs is 1. The number of nitrogens with one attached hydrogen (secondary N) is 1. The molecule has 1 amide bonds. The Labute approximate surface area is 162 Å². The highest BCUT2D eigenvalue weighted by atomic mass is 19.3. The highest BCUT2D eigenvalue weighted by Crippen LogP contribution is 2.23. The first kappa shape index (κ1) is 19.8. The molecule has 6 heteroatoms. The molecule has 0 saturated heterocycles. The molecule has 0 aliphatic rings. The predicted octanol–water partition coefficient (Wildman–Crippen LogP) is 4.90. The maximum absolute atomic E-state index is 12.7. The summed E-state index contributed by atoms with van der Waals surface area (Å²) >= 11 is 0. The molecular formula is C22H22F2N2O2. The molecule has 0 aliphatic carbocycles. The van der Waals surface area contributed by atoms with Crippen LogP contribution in [-0.2, 0) is 11.3 Å². The number of hydrogen-bond donors (Lipinski definition) is 1.